The molecule has 0 aliphatic heterocycles. The molecule has 1 rings (SSSR count). The lowest BCUT2D eigenvalue weighted by Crippen LogP contribution is -1.91. The van der Waals surface area contributed by atoms with Crippen molar-refractivity contribution in [2.75, 3.05) is 0 Å². The van der Waals surface area contributed by atoms with Crippen molar-refractivity contribution in [3.8, 4) is 0 Å². The highest BCUT2D eigenvalue weighted by molar-refractivity contribution is 9.09. The highest BCUT2D eigenvalue weighted by atomic mass is 79.9. The zero-order valence-electron chi connectivity index (χ0n) is 6.53. The van der Waals surface area contributed by atoms with Crippen LogP contribution in [0, 0.1) is 6.92 Å². The Morgan fingerprint density at radius 1 is 1.67 bits per heavy atom. The second-order valence-electron chi connectivity index (χ2n) is 2.27. The molecule has 12 heavy (non-hydrogen) atoms. The van der Waals surface area contributed by atoms with Crippen molar-refractivity contribution in [1.82, 2.24) is 4.98 Å². The Morgan fingerprint density at radius 2 is 2.33 bits per heavy atom. The average Bonchev–Trinajstić information content (AvgIpc) is 2.03. The molecule has 1 heterocycles. The van der Waals surface area contributed by atoms with E-state index in [2.05, 4.69) is 20.9 Å². The average molecular weight is 295 g/mol. The van der Waals surface area contributed by atoms with E-state index in [1.54, 1.807) is 6.20 Å². The number of carbonyl (C=O) groups excluding carboxylic acids is 1. The smallest absolute Gasteiger partial charge is 0.138 e. The molecule has 0 bridgehead atoms. The molecular formula is C8H9Br2NO. The molecule has 0 spiro atoms. The lowest BCUT2D eigenvalue weighted by molar-refractivity contribution is -0.107. The molecule has 1 atom stereocenters. The Labute approximate surface area is 90.3 Å². The van der Waals surface area contributed by atoms with Crippen molar-refractivity contribution < 1.29 is 4.79 Å². The van der Waals surface area contributed by atoms with Gasteiger partial charge in [-0.2, -0.15) is 0 Å². The molecule has 0 radical (unpaired) electrons. The summed E-state index contributed by atoms with van der Waals surface area (Å²) in [5.74, 6) is 0. The van der Waals surface area contributed by atoms with Crippen LogP contribution in [-0.2, 0) is 4.79 Å². The summed E-state index contributed by atoms with van der Waals surface area (Å²) in [4.78, 5) is 14.2. The van der Waals surface area contributed by atoms with Crippen molar-refractivity contribution in [1.29, 1.82) is 0 Å². The third kappa shape index (κ3) is 3.03. The summed E-state index contributed by atoms with van der Waals surface area (Å²) in [5.41, 5.74) is 1.88. The van der Waals surface area contributed by atoms with Crippen LogP contribution in [0.2, 0.25) is 0 Å². The van der Waals surface area contributed by atoms with Crippen molar-refractivity contribution in [2.24, 2.45) is 0 Å². The Kier molecular flexibility index (Phi) is 5.33. The van der Waals surface area contributed by atoms with Gasteiger partial charge in [0.25, 0.3) is 0 Å². The van der Waals surface area contributed by atoms with Crippen molar-refractivity contribution in [3.05, 3.63) is 29.6 Å². The van der Waals surface area contributed by atoms with Crippen LogP contribution in [0.15, 0.2) is 18.3 Å². The van der Waals surface area contributed by atoms with E-state index in [4.69, 9.17) is 0 Å². The molecule has 4 heteroatoms. The Balaban J connectivity index is 0.00000121. The summed E-state index contributed by atoms with van der Waals surface area (Å²) in [6.07, 6.45) is 2.55. The second kappa shape index (κ2) is 5.43. The van der Waals surface area contributed by atoms with Crippen LogP contribution in [0.25, 0.3) is 0 Å². The molecule has 0 amide bonds. The summed E-state index contributed by atoms with van der Waals surface area (Å²) in [6.45, 7) is 1.90. The number of alkyl halides is 1. The maximum Gasteiger partial charge on any atom is 0.138 e. The standard InChI is InChI=1S/C8H8BrNO.BrH/c1-6-4-7(2-3-10-6)8(9)5-11;/h2-5,8H,1H3;1H. The van der Waals surface area contributed by atoms with Gasteiger partial charge in [0, 0.05) is 11.9 Å². The highest BCUT2D eigenvalue weighted by Crippen LogP contribution is 2.19. The molecule has 1 aromatic heterocycles. The molecule has 1 unspecified atom stereocenters. The van der Waals surface area contributed by atoms with Crippen LogP contribution in [0.4, 0.5) is 0 Å². The van der Waals surface area contributed by atoms with Gasteiger partial charge in [-0.15, -0.1) is 17.0 Å². The normalized spacial score (nSPS) is 11.5. The van der Waals surface area contributed by atoms with E-state index < -0.39 is 0 Å². The van der Waals surface area contributed by atoms with Gasteiger partial charge in [-0.1, -0.05) is 15.9 Å². The van der Waals surface area contributed by atoms with Crippen molar-refractivity contribution in [2.45, 2.75) is 11.8 Å². The summed E-state index contributed by atoms with van der Waals surface area (Å²) in [6, 6.07) is 3.70. The fourth-order valence-corrected chi connectivity index (χ4v) is 1.10. The molecule has 0 saturated heterocycles. The first-order valence-electron chi connectivity index (χ1n) is 3.26. The maximum absolute atomic E-state index is 10.3. The first-order chi connectivity index (χ1) is 5.24. The number of pyridine rings is 1. The van der Waals surface area contributed by atoms with E-state index in [9.17, 15) is 4.79 Å². The Hall–Kier alpha value is -0.220. The molecule has 0 N–H and O–H groups in total. The third-order valence-corrected chi connectivity index (χ3v) is 2.10. The van der Waals surface area contributed by atoms with E-state index in [0.29, 0.717) is 0 Å². The molecule has 0 aliphatic rings. The fourth-order valence-electron chi connectivity index (χ4n) is 0.818. The largest absolute Gasteiger partial charge is 0.302 e. The van der Waals surface area contributed by atoms with Crippen LogP contribution in [0.5, 0.6) is 0 Å². The predicted molar refractivity (Wildman–Crippen MR) is 57.0 cm³/mol. The van der Waals surface area contributed by atoms with E-state index >= 15 is 0 Å². The zero-order valence-corrected chi connectivity index (χ0v) is 9.83. The molecule has 0 saturated carbocycles. The topological polar surface area (TPSA) is 30.0 Å². The van der Waals surface area contributed by atoms with E-state index in [-0.39, 0.29) is 21.8 Å². The van der Waals surface area contributed by atoms with Gasteiger partial charge in [0.1, 0.15) is 6.29 Å². The number of aromatic nitrogens is 1. The van der Waals surface area contributed by atoms with Crippen LogP contribution in [0.3, 0.4) is 0 Å². The van der Waals surface area contributed by atoms with Crippen LogP contribution in [0.1, 0.15) is 16.1 Å². The SMILES string of the molecule is Br.Cc1cc(C(Br)C=O)ccn1. The predicted octanol–water partition coefficient (Wildman–Crippen LogP) is 2.60. The minimum atomic E-state index is -0.204. The minimum Gasteiger partial charge on any atom is -0.302 e. The van der Waals surface area contributed by atoms with Crippen molar-refractivity contribution in [3.63, 3.8) is 0 Å². The van der Waals surface area contributed by atoms with Crippen LogP contribution in [-0.4, -0.2) is 11.3 Å². The number of hydrogen-bond acceptors (Lipinski definition) is 2. The molecule has 1 aromatic rings. The lowest BCUT2D eigenvalue weighted by Gasteiger charge is -2.01. The van der Waals surface area contributed by atoms with Gasteiger partial charge in [-0.05, 0) is 24.6 Å². The second-order valence-corrected chi connectivity index (χ2v) is 3.25. The maximum atomic E-state index is 10.3. The van der Waals surface area contributed by atoms with Crippen LogP contribution >= 0.6 is 32.9 Å². The number of rotatable bonds is 2. The van der Waals surface area contributed by atoms with Gasteiger partial charge >= 0.3 is 0 Å². The number of nitrogens with zero attached hydrogens (tertiary/aromatic N) is 1. The van der Waals surface area contributed by atoms with E-state index in [0.717, 1.165) is 17.5 Å². The third-order valence-electron chi connectivity index (χ3n) is 1.36. The van der Waals surface area contributed by atoms with E-state index in [1.165, 1.54) is 0 Å². The summed E-state index contributed by atoms with van der Waals surface area (Å²) in [5, 5.41) is 0. The Bertz CT molecular complexity index is 265. The highest BCUT2D eigenvalue weighted by Gasteiger charge is 2.04. The van der Waals surface area contributed by atoms with Crippen LogP contribution < -0.4 is 0 Å². The summed E-state index contributed by atoms with van der Waals surface area (Å²) in [7, 11) is 0. The summed E-state index contributed by atoms with van der Waals surface area (Å²) >= 11 is 3.22. The monoisotopic (exact) mass is 293 g/mol. The molecule has 66 valence electrons. The number of carbonyl (C=O) groups is 1. The van der Waals surface area contributed by atoms with Crippen molar-refractivity contribution >= 4 is 39.2 Å². The molecule has 0 aromatic carbocycles. The lowest BCUT2D eigenvalue weighted by atomic mass is 10.2. The zero-order chi connectivity index (χ0) is 8.27. The number of aryl methyl sites for hydroxylation is 1. The number of halogens is 2. The molecule has 0 aliphatic carbocycles. The fraction of sp³-hybridized carbons (Fsp3) is 0.250. The van der Waals surface area contributed by atoms with Gasteiger partial charge in [-0.3, -0.25) is 4.98 Å². The first kappa shape index (κ1) is 11.8. The van der Waals surface area contributed by atoms with E-state index in [1.807, 2.05) is 19.1 Å². The van der Waals surface area contributed by atoms with Gasteiger partial charge < -0.3 is 4.79 Å². The van der Waals surface area contributed by atoms with Gasteiger partial charge in [0.15, 0.2) is 0 Å². The molecular weight excluding hydrogens is 286 g/mol. The molecule has 2 nitrogen and oxygen atoms in total. The minimum absolute atomic E-state index is 0. The Morgan fingerprint density at radius 3 is 2.83 bits per heavy atom. The first-order valence-corrected chi connectivity index (χ1v) is 4.17. The van der Waals surface area contributed by atoms with Gasteiger partial charge in [0.2, 0.25) is 0 Å². The molecule has 0 fully saturated rings. The van der Waals surface area contributed by atoms with Gasteiger partial charge in [0.05, 0.1) is 4.83 Å². The quantitative estimate of drug-likeness (QED) is 0.620. The van der Waals surface area contributed by atoms with Gasteiger partial charge in [-0.25, -0.2) is 0 Å². The number of aldehydes is 1. The summed E-state index contributed by atoms with van der Waals surface area (Å²) < 4.78 is 0. The number of hydrogen-bond donors (Lipinski definition) is 0.